The zero-order valence-electron chi connectivity index (χ0n) is 12.9. The second-order valence-electron chi connectivity index (χ2n) is 5.86. The molecule has 23 heavy (non-hydrogen) atoms. The van der Waals surface area contributed by atoms with E-state index in [-0.39, 0.29) is 36.2 Å². The highest BCUT2D eigenvalue weighted by Gasteiger charge is 2.35. The summed E-state index contributed by atoms with van der Waals surface area (Å²) >= 11 is 0. The second kappa shape index (κ2) is 6.72. The number of nitro benzene ring substituents is 1. The van der Waals surface area contributed by atoms with Crippen molar-refractivity contribution < 1.29 is 18.9 Å². The van der Waals surface area contributed by atoms with Crippen molar-refractivity contribution in [1.82, 2.24) is 10.2 Å². The van der Waals surface area contributed by atoms with E-state index in [4.69, 9.17) is 0 Å². The largest absolute Gasteiger partial charge is 0.353 e. The van der Waals surface area contributed by atoms with Crippen LogP contribution in [0.5, 0.6) is 0 Å². The summed E-state index contributed by atoms with van der Waals surface area (Å²) in [6, 6.07) is 2.11. The van der Waals surface area contributed by atoms with Gasteiger partial charge in [-0.1, -0.05) is 13.8 Å². The van der Waals surface area contributed by atoms with Gasteiger partial charge in [0.1, 0.15) is 11.9 Å². The number of halogens is 1. The minimum Gasteiger partial charge on any atom is -0.353 e. The molecule has 0 saturated carbocycles. The minimum absolute atomic E-state index is 0.161. The topological polar surface area (TPSA) is 92.6 Å². The fourth-order valence-electron chi connectivity index (χ4n) is 2.58. The van der Waals surface area contributed by atoms with Crippen LogP contribution >= 0.6 is 0 Å². The molecule has 0 radical (unpaired) electrons. The number of carbonyl (C=O) groups is 2. The maximum Gasteiger partial charge on any atom is 0.270 e. The zero-order chi connectivity index (χ0) is 17.1. The summed E-state index contributed by atoms with van der Waals surface area (Å²) in [6.07, 6.45) is 0.439. The molecule has 1 aromatic rings. The first-order chi connectivity index (χ1) is 10.8. The Kier molecular flexibility index (Phi) is 4.92. The Morgan fingerprint density at radius 3 is 2.83 bits per heavy atom. The molecule has 1 aliphatic heterocycles. The maximum absolute atomic E-state index is 14.0. The van der Waals surface area contributed by atoms with E-state index in [0.29, 0.717) is 6.42 Å². The molecule has 0 spiro atoms. The number of rotatable bonds is 4. The summed E-state index contributed by atoms with van der Waals surface area (Å²) in [7, 11) is 0. The van der Waals surface area contributed by atoms with Crippen molar-refractivity contribution in [3.63, 3.8) is 0 Å². The number of amides is 2. The molecule has 1 saturated heterocycles. The van der Waals surface area contributed by atoms with Crippen LogP contribution in [0.25, 0.3) is 0 Å². The third kappa shape index (κ3) is 3.64. The lowest BCUT2D eigenvalue weighted by Gasteiger charge is -2.36. The van der Waals surface area contributed by atoms with Crippen LogP contribution in [0, 0.1) is 21.8 Å². The molecule has 0 bridgehead atoms. The standard InChI is InChI=1S/C15H18FN3O4/c1-9(2)7-13-14(20)17-5-6-18(13)15(21)11-8-10(19(22)23)3-4-12(11)16/h3-4,8-9,13H,5-7H2,1-2H3,(H,17,20). The number of carbonyl (C=O) groups excluding carboxylic acids is 2. The zero-order valence-corrected chi connectivity index (χ0v) is 12.9. The van der Waals surface area contributed by atoms with Gasteiger partial charge in [-0.25, -0.2) is 4.39 Å². The van der Waals surface area contributed by atoms with E-state index in [0.717, 1.165) is 18.2 Å². The van der Waals surface area contributed by atoms with Crippen LogP contribution in [-0.2, 0) is 4.79 Å². The molecule has 1 atom stereocenters. The average molecular weight is 323 g/mol. The van der Waals surface area contributed by atoms with Gasteiger partial charge < -0.3 is 10.2 Å². The summed E-state index contributed by atoms with van der Waals surface area (Å²) < 4.78 is 14.0. The van der Waals surface area contributed by atoms with Crippen LogP contribution < -0.4 is 5.32 Å². The maximum atomic E-state index is 14.0. The summed E-state index contributed by atoms with van der Waals surface area (Å²) in [5.41, 5.74) is -0.751. The summed E-state index contributed by atoms with van der Waals surface area (Å²) in [5, 5.41) is 13.5. The average Bonchev–Trinajstić information content (AvgIpc) is 2.48. The van der Waals surface area contributed by atoms with Crippen molar-refractivity contribution >= 4 is 17.5 Å². The van der Waals surface area contributed by atoms with E-state index in [9.17, 15) is 24.1 Å². The molecule has 1 aliphatic rings. The number of hydrogen-bond donors (Lipinski definition) is 1. The van der Waals surface area contributed by atoms with Crippen LogP contribution in [0.1, 0.15) is 30.6 Å². The fraction of sp³-hybridized carbons (Fsp3) is 0.467. The molecule has 7 nitrogen and oxygen atoms in total. The van der Waals surface area contributed by atoms with Gasteiger partial charge in [-0.05, 0) is 18.4 Å². The Morgan fingerprint density at radius 2 is 2.22 bits per heavy atom. The molecule has 1 aromatic carbocycles. The summed E-state index contributed by atoms with van der Waals surface area (Å²) in [5.74, 6) is -1.67. The quantitative estimate of drug-likeness (QED) is 0.674. The van der Waals surface area contributed by atoms with Gasteiger partial charge in [0.15, 0.2) is 0 Å². The van der Waals surface area contributed by atoms with E-state index in [1.54, 1.807) is 0 Å². The van der Waals surface area contributed by atoms with Gasteiger partial charge >= 0.3 is 0 Å². The van der Waals surface area contributed by atoms with Gasteiger partial charge in [-0.15, -0.1) is 0 Å². The van der Waals surface area contributed by atoms with Gasteiger partial charge in [0.2, 0.25) is 5.91 Å². The molecule has 0 aromatic heterocycles. The van der Waals surface area contributed by atoms with E-state index in [1.807, 2.05) is 13.8 Å². The molecule has 2 rings (SSSR count). The van der Waals surface area contributed by atoms with Crippen molar-refractivity contribution in [2.45, 2.75) is 26.3 Å². The van der Waals surface area contributed by atoms with E-state index < -0.39 is 22.7 Å². The summed E-state index contributed by atoms with van der Waals surface area (Å²) in [6.45, 7) is 4.34. The molecular formula is C15H18FN3O4. The van der Waals surface area contributed by atoms with E-state index in [1.165, 1.54) is 4.90 Å². The number of nitrogens with one attached hydrogen (secondary N) is 1. The number of nitro groups is 1. The first kappa shape index (κ1) is 16.9. The molecular weight excluding hydrogens is 305 g/mol. The number of hydrogen-bond acceptors (Lipinski definition) is 4. The van der Waals surface area contributed by atoms with Crippen molar-refractivity contribution in [3.05, 3.63) is 39.7 Å². The van der Waals surface area contributed by atoms with Gasteiger partial charge in [-0.3, -0.25) is 19.7 Å². The Hall–Kier alpha value is -2.51. The number of benzene rings is 1. The van der Waals surface area contributed by atoms with E-state index >= 15 is 0 Å². The highest BCUT2D eigenvalue weighted by atomic mass is 19.1. The molecule has 0 aliphatic carbocycles. The predicted molar refractivity (Wildman–Crippen MR) is 80.3 cm³/mol. The SMILES string of the molecule is CC(C)CC1C(=O)NCCN1C(=O)c1cc([N+](=O)[O-])ccc1F. The van der Waals surface area contributed by atoms with Crippen molar-refractivity contribution in [2.75, 3.05) is 13.1 Å². The van der Waals surface area contributed by atoms with Crippen molar-refractivity contribution in [3.8, 4) is 0 Å². The Balaban J connectivity index is 2.35. The highest BCUT2D eigenvalue weighted by molar-refractivity contribution is 5.98. The molecule has 1 fully saturated rings. The highest BCUT2D eigenvalue weighted by Crippen LogP contribution is 2.22. The predicted octanol–water partition coefficient (Wildman–Crippen LogP) is 1.72. The third-order valence-electron chi connectivity index (χ3n) is 3.68. The normalized spacial score (nSPS) is 18.0. The monoisotopic (exact) mass is 323 g/mol. The van der Waals surface area contributed by atoms with Gasteiger partial charge in [0.25, 0.3) is 11.6 Å². The van der Waals surface area contributed by atoms with Crippen LogP contribution in [0.3, 0.4) is 0 Å². The lowest BCUT2D eigenvalue weighted by molar-refractivity contribution is -0.384. The fourth-order valence-corrected chi connectivity index (χ4v) is 2.58. The first-order valence-electron chi connectivity index (χ1n) is 7.34. The van der Waals surface area contributed by atoms with E-state index in [2.05, 4.69) is 5.32 Å². The van der Waals surface area contributed by atoms with Crippen LogP contribution in [0.15, 0.2) is 18.2 Å². The first-order valence-corrected chi connectivity index (χ1v) is 7.34. The Labute approximate surface area is 132 Å². The van der Waals surface area contributed by atoms with Crippen LogP contribution in [-0.4, -0.2) is 40.8 Å². The molecule has 2 amide bonds. The van der Waals surface area contributed by atoms with Gasteiger partial charge in [0, 0.05) is 25.2 Å². The third-order valence-corrected chi connectivity index (χ3v) is 3.68. The smallest absolute Gasteiger partial charge is 0.270 e. The molecule has 1 unspecified atom stereocenters. The molecule has 124 valence electrons. The number of non-ortho nitro benzene ring substituents is 1. The molecule has 1 N–H and O–H groups in total. The van der Waals surface area contributed by atoms with Crippen LogP contribution in [0.2, 0.25) is 0 Å². The van der Waals surface area contributed by atoms with Gasteiger partial charge in [-0.2, -0.15) is 0 Å². The van der Waals surface area contributed by atoms with Gasteiger partial charge in [0.05, 0.1) is 10.5 Å². The number of nitrogens with zero attached hydrogens (tertiary/aromatic N) is 2. The lowest BCUT2D eigenvalue weighted by atomic mass is 9.99. The lowest BCUT2D eigenvalue weighted by Crippen LogP contribution is -2.57. The number of piperazine rings is 1. The Bertz CT molecular complexity index is 648. The molecule has 1 heterocycles. The van der Waals surface area contributed by atoms with Crippen LogP contribution in [0.4, 0.5) is 10.1 Å². The Morgan fingerprint density at radius 1 is 1.52 bits per heavy atom. The summed E-state index contributed by atoms with van der Waals surface area (Å²) in [4.78, 5) is 36.1. The minimum atomic E-state index is -0.838. The van der Waals surface area contributed by atoms with Crippen molar-refractivity contribution in [2.24, 2.45) is 5.92 Å². The second-order valence-corrected chi connectivity index (χ2v) is 5.86. The molecule has 8 heteroatoms. The van der Waals surface area contributed by atoms with Crippen molar-refractivity contribution in [1.29, 1.82) is 0 Å².